The zero-order valence-electron chi connectivity index (χ0n) is 14.4. The van der Waals surface area contributed by atoms with E-state index in [1.165, 1.54) is 12.1 Å². The number of amides is 1. The van der Waals surface area contributed by atoms with Gasteiger partial charge in [-0.3, -0.25) is 4.79 Å². The quantitative estimate of drug-likeness (QED) is 0.878. The van der Waals surface area contributed by atoms with Gasteiger partial charge in [-0.2, -0.15) is 13.2 Å². The maximum atomic E-state index is 12.6. The molecule has 1 heterocycles. The topological polar surface area (TPSA) is 47.6 Å². The summed E-state index contributed by atoms with van der Waals surface area (Å²) in [7, 11) is 0. The van der Waals surface area contributed by atoms with E-state index in [1.807, 2.05) is 18.2 Å². The van der Waals surface area contributed by atoms with Gasteiger partial charge in [0.15, 0.2) is 11.5 Å². The highest BCUT2D eigenvalue weighted by molar-refractivity contribution is 5.94. The molecule has 0 saturated heterocycles. The van der Waals surface area contributed by atoms with Crippen molar-refractivity contribution in [3.63, 3.8) is 0 Å². The van der Waals surface area contributed by atoms with E-state index in [0.29, 0.717) is 25.5 Å². The van der Waals surface area contributed by atoms with Gasteiger partial charge in [-0.25, -0.2) is 0 Å². The number of ether oxygens (including phenoxy) is 2. The summed E-state index contributed by atoms with van der Waals surface area (Å²) in [5, 5.41) is 2.85. The van der Waals surface area contributed by atoms with Crippen LogP contribution in [0.1, 0.15) is 34.3 Å². The molecule has 2 aromatic carbocycles. The maximum Gasteiger partial charge on any atom is 0.416 e. The van der Waals surface area contributed by atoms with Crippen molar-refractivity contribution in [2.24, 2.45) is 0 Å². The largest absolute Gasteiger partial charge is 0.486 e. The summed E-state index contributed by atoms with van der Waals surface area (Å²) in [6.45, 7) is 1.46. The Morgan fingerprint density at radius 3 is 2.30 bits per heavy atom. The van der Waals surface area contributed by atoms with Gasteiger partial charge in [0.2, 0.25) is 0 Å². The molecule has 0 spiro atoms. The van der Waals surface area contributed by atoms with Crippen LogP contribution in [0.15, 0.2) is 42.5 Å². The van der Waals surface area contributed by atoms with Crippen molar-refractivity contribution < 1.29 is 27.4 Å². The van der Waals surface area contributed by atoms with Gasteiger partial charge < -0.3 is 14.8 Å². The summed E-state index contributed by atoms with van der Waals surface area (Å²) in [6.07, 6.45) is -2.55. The van der Waals surface area contributed by atoms with Gasteiger partial charge in [0.1, 0.15) is 13.2 Å². The Morgan fingerprint density at radius 2 is 1.67 bits per heavy atom. The van der Waals surface area contributed by atoms with Crippen LogP contribution in [-0.4, -0.2) is 25.7 Å². The van der Waals surface area contributed by atoms with Crippen molar-refractivity contribution in [1.29, 1.82) is 0 Å². The number of nitrogens with one attached hydrogen (secondary N) is 1. The first-order valence-electron chi connectivity index (χ1n) is 8.73. The summed E-state index contributed by atoms with van der Waals surface area (Å²) >= 11 is 0. The second-order valence-electron chi connectivity index (χ2n) is 6.90. The van der Waals surface area contributed by atoms with E-state index >= 15 is 0 Å². The third-order valence-corrected chi connectivity index (χ3v) is 5.07. The molecule has 1 N–H and O–H groups in total. The molecule has 1 aliphatic heterocycles. The van der Waals surface area contributed by atoms with Crippen molar-refractivity contribution in [3.8, 4) is 11.5 Å². The molecule has 1 fully saturated rings. The highest BCUT2D eigenvalue weighted by Crippen LogP contribution is 2.49. The molecular weight excluding hydrogens is 359 g/mol. The fourth-order valence-electron chi connectivity index (χ4n) is 3.25. The van der Waals surface area contributed by atoms with Crippen molar-refractivity contribution >= 4 is 5.91 Å². The number of rotatable bonds is 4. The average Bonchev–Trinajstić information content (AvgIpc) is 3.46. The van der Waals surface area contributed by atoms with Gasteiger partial charge >= 0.3 is 6.18 Å². The molecule has 27 heavy (non-hydrogen) atoms. The number of hydrogen-bond acceptors (Lipinski definition) is 3. The van der Waals surface area contributed by atoms with E-state index in [9.17, 15) is 18.0 Å². The molecule has 4 nitrogen and oxygen atoms in total. The third kappa shape index (κ3) is 3.59. The fourth-order valence-corrected chi connectivity index (χ4v) is 3.25. The lowest BCUT2D eigenvalue weighted by molar-refractivity contribution is -0.137. The van der Waals surface area contributed by atoms with Gasteiger partial charge in [0.05, 0.1) is 5.56 Å². The Kier molecular flexibility index (Phi) is 4.25. The van der Waals surface area contributed by atoms with E-state index in [4.69, 9.17) is 9.47 Å². The van der Waals surface area contributed by atoms with Crippen LogP contribution in [0.25, 0.3) is 0 Å². The summed E-state index contributed by atoms with van der Waals surface area (Å²) in [5.41, 5.74) is 0.353. The number of alkyl halides is 3. The van der Waals surface area contributed by atoms with Crippen LogP contribution in [0.2, 0.25) is 0 Å². The highest BCUT2D eigenvalue weighted by atomic mass is 19.4. The fraction of sp³-hybridized carbons (Fsp3) is 0.350. The minimum atomic E-state index is -4.41. The molecule has 0 aromatic heterocycles. The van der Waals surface area contributed by atoms with Gasteiger partial charge in [0.25, 0.3) is 5.91 Å². The van der Waals surface area contributed by atoms with E-state index in [-0.39, 0.29) is 16.9 Å². The van der Waals surface area contributed by atoms with E-state index in [2.05, 4.69) is 5.32 Å². The van der Waals surface area contributed by atoms with Gasteiger partial charge in [-0.05, 0) is 54.8 Å². The molecule has 1 aliphatic carbocycles. The Balaban J connectivity index is 1.43. The second-order valence-corrected chi connectivity index (χ2v) is 6.90. The van der Waals surface area contributed by atoms with Crippen LogP contribution >= 0.6 is 0 Å². The van der Waals surface area contributed by atoms with Crippen LogP contribution in [-0.2, 0) is 11.6 Å². The van der Waals surface area contributed by atoms with Crippen LogP contribution in [0.3, 0.4) is 0 Å². The predicted molar refractivity (Wildman–Crippen MR) is 92.1 cm³/mol. The smallest absolute Gasteiger partial charge is 0.416 e. The number of carbonyl (C=O) groups is 1. The molecular formula is C20H18F3NO3. The minimum absolute atomic E-state index is 0.155. The minimum Gasteiger partial charge on any atom is -0.486 e. The average molecular weight is 377 g/mol. The number of benzene rings is 2. The molecule has 1 amide bonds. The van der Waals surface area contributed by atoms with Crippen molar-refractivity contribution in [2.75, 3.05) is 19.8 Å². The molecule has 2 aromatic rings. The lowest BCUT2D eigenvalue weighted by Crippen LogP contribution is -2.32. The Labute approximate surface area is 154 Å². The highest BCUT2D eigenvalue weighted by Gasteiger charge is 2.45. The van der Waals surface area contributed by atoms with Gasteiger partial charge in [-0.15, -0.1) is 0 Å². The Bertz CT molecular complexity index is 858. The number of hydrogen-bond donors (Lipinski definition) is 1. The first-order valence-corrected chi connectivity index (χ1v) is 8.73. The second kappa shape index (κ2) is 6.48. The zero-order chi connectivity index (χ0) is 19.1. The summed E-state index contributed by atoms with van der Waals surface area (Å²) in [5.74, 6) is 1.04. The first kappa shape index (κ1) is 17.7. The lowest BCUT2D eigenvalue weighted by atomic mass is 9.95. The molecule has 0 bridgehead atoms. The van der Waals surface area contributed by atoms with E-state index in [0.717, 1.165) is 36.3 Å². The maximum absolute atomic E-state index is 12.6. The van der Waals surface area contributed by atoms with Gasteiger partial charge in [-0.1, -0.05) is 6.07 Å². The molecule has 2 aliphatic rings. The number of fused-ring (bicyclic) bond motifs is 1. The Morgan fingerprint density at radius 1 is 1.00 bits per heavy atom. The van der Waals surface area contributed by atoms with E-state index < -0.39 is 11.7 Å². The molecule has 7 heteroatoms. The molecule has 0 radical (unpaired) electrons. The molecule has 142 valence electrons. The van der Waals surface area contributed by atoms with Gasteiger partial charge in [0, 0.05) is 17.5 Å². The zero-order valence-corrected chi connectivity index (χ0v) is 14.4. The Hall–Kier alpha value is -2.70. The van der Waals surface area contributed by atoms with Crippen molar-refractivity contribution in [2.45, 2.75) is 24.4 Å². The SMILES string of the molecule is O=C(NCC1(c2ccc3c(c2)OCCO3)CC1)c1ccc(C(F)(F)F)cc1. The lowest BCUT2D eigenvalue weighted by Gasteiger charge is -2.22. The van der Waals surface area contributed by atoms with Crippen LogP contribution < -0.4 is 14.8 Å². The summed E-state index contributed by atoms with van der Waals surface area (Å²) in [4.78, 5) is 12.3. The molecule has 0 unspecified atom stereocenters. The van der Waals surface area contributed by atoms with Crippen LogP contribution in [0, 0.1) is 0 Å². The molecule has 4 rings (SSSR count). The van der Waals surface area contributed by atoms with E-state index in [1.54, 1.807) is 0 Å². The van der Waals surface area contributed by atoms with Crippen molar-refractivity contribution in [3.05, 3.63) is 59.2 Å². The van der Waals surface area contributed by atoms with Crippen molar-refractivity contribution in [1.82, 2.24) is 5.32 Å². The molecule has 0 atom stereocenters. The van der Waals surface area contributed by atoms with Crippen LogP contribution in [0.5, 0.6) is 11.5 Å². The third-order valence-electron chi connectivity index (χ3n) is 5.07. The molecule has 1 saturated carbocycles. The summed E-state index contributed by atoms with van der Waals surface area (Å²) < 4.78 is 49.0. The normalized spacial score (nSPS) is 17.3. The van der Waals surface area contributed by atoms with Crippen LogP contribution in [0.4, 0.5) is 13.2 Å². The first-order chi connectivity index (χ1) is 12.9. The standard InChI is InChI=1S/C20H18F3NO3/c21-20(22,23)14-3-1-13(2-4-14)18(25)24-12-19(7-8-19)15-5-6-16-17(11-15)27-10-9-26-16/h1-6,11H,7-10,12H2,(H,24,25). The monoisotopic (exact) mass is 377 g/mol. The number of halogens is 3. The summed E-state index contributed by atoms with van der Waals surface area (Å²) in [6, 6.07) is 10.0. The number of carbonyl (C=O) groups excluding carboxylic acids is 1. The predicted octanol–water partition coefficient (Wildman–Crippen LogP) is 3.94.